The van der Waals surface area contributed by atoms with E-state index in [4.69, 9.17) is 10.1 Å². The standard InChI is InChI=1S/C26H24N2O3S/c1-2-18-8-10-19(11-9-18)16-23-24(29)28(17-20-6-4-3-5-7-20)26(32-23)27-22-14-12-21(13-15-22)25(30)31/h3-15,23H,2,16-17H2,1H3,(H,30,31). The molecular formula is C26H24N2O3S. The molecule has 1 unspecified atom stereocenters. The zero-order valence-corrected chi connectivity index (χ0v) is 18.6. The van der Waals surface area contributed by atoms with Gasteiger partial charge >= 0.3 is 5.97 Å². The Hall–Kier alpha value is -3.38. The van der Waals surface area contributed by atoms with E-state index in [9.17, 15) is 9.59 Å². The fourth-order valence-corrected chi connectivity index (χ4v) is 4.75. The quantitative estimate of drug-likeness (QED) is 0.535. The zero-order valence-electron chi connectivity index (χ0n) is 17.8. The van der Waals surface area contributed by atoms with E-state index < -0.39 is 5.97 Å². The Kier molecular flexibility index (Phi) is 6.71. The van der Waals surface area contributed by atoms with Crippen molar-refractivity contribution < 1.29 is 14.7 Å². The van der Waals surface area contributed by atoms with Gasteiger partial charge in [-0.15, -0.1) is 0 Å². The van der Waals surface area contributed by atoms with Gasteiger partial charge in [0, 0.05) is 0 Å². The summed E-state index contributed by atoms with van der Waals surface area (Å²) in [7, 11) is 0. The number of amides is 1. The van der Waals surface area contributed by atoms with Crippen molar-refractivity contribution in [1.29, 1.82) is 0 Å². The van der Waals surface area contributed by atoms with Gasteiger partial charge in [0.2, 0.25) is 5.91 Å². The molecule has 1 heterocycles. The van der Waals surface area contributed by atoms with Crippen LogP contribution in [0.5, 0.6) is 0 Å². The fourth-order valence-electron chi connectivity index (χ4n) is 3.55. The predicted molar refractivity (Wildman–Crippen MR) is 128 cm³/mol. The Morgan fingerprint density at radius 1 is 0.938 bits per heavy atom. The minimum atomic E-state index is -0.977. The molecule has 0 bridgehead atoms. The van der Waals surface area contributed by atoms with Gasteiger partial charge in [0.25, 0.3) is 0 Å². The molecular weight excluding hydrogens is 420 g/mol. The number of carboxylic acid groups (broad SMARTS) is 1. The first kappa shape index (κ1) is 21.8. The van der Waals surface area contributed by atoms with Crippen LogP contribution in [0.3, 0.4) is 0 Å². The van der Waals surface area contributed by atoms with Gasteiger partial charge in [-0.3, -0.25) is 9.69 Å². The van der Waals surface area contributed by atoms with Crippen molar-refractivity contribution in [2.45, 2.75) is 31.6 Å². The molecule has 0 radical (unpaired) electrons. The summed E-state index contributed by atoms with van der Waals surface area (Å²) in [6.45, 7) is 2.57. The Balaban J connectivity index is 1.60. The number of aryl methyl sites for hydroxylation is 1. The normalized spacial score (nSPS) is 17.2. The van der Waals surface area contributed by atoms with E-state index in [-0.39, 0.29) is 16.7 Å². The predicted octanol–water partition coefficient (Wildman–Crippen LogP) is 5.32. The van der Waals surface area contributed by atoms with Crippen LogP contribution in [0, 0.1) is 0 Å². The average molecular weight is 445 g/mol. The molecule has 0 spiro atoms. The van der Waals surface area contributed by atoms with Crippen LogP contribution in [-0.4, -0.2) is 32.3 Å². The summed E-state index contributed by atoms with van der Waals surface area (Å²) in [5, 5.41) is 9.50. The van der Waals surface area contributed by atoms with Gasteiger partial charge in [-0.05, 0) is 53.8 Å². The van der Waals surface area contributed by atoms with Crippen LogP contribution in [0.15, 0.2) is 83.9 Å². The molecule has 32 heavy (non-hydrogen) atoms. The summed E-state index contributed by atoms with van der Waals surface area (Å²) in [5.74, 6) is -0.936. The topological polar surface area (TPSA) is 70.0 Å². The molecule has 1 aliphatic heterocycles. The minimum Gasteiger partial charge on any atom is -0.478 e. The van der Waals surface area contributed by atoms with Crippen LogP contribution < -0.4 is 0 Å². The lowest BCUT2D eigenvalue weighted by Crippen LogP contribution is -2.32. The van der Waals surface area contributed by atoms with Gasteiger partial charge in [0.05, 0.1) is 23.0 Å². The highest BCUT2D eigenvalue weighted by Crippen LogP contribution is 2.33. The number of benzene rings is 3. The zero-order chi connectivity index (χ0) is 22.5. The van der Waals surface area contributed by atoms with Crippen molar-refractivity contribution in [1.82, 2.24) is 4.90 Å². The van der Waals surface area contributed by atoms with Crippen LogP contribution in [0.25, 0.3) is 0 Å². The summed E-state index contributed by atoms with van der Waals surface area (Å²) in [4.78, 5) is 30.9. The van der Waals surface area contributed by atoms with E-state index in [0.29, 0.717) is 23.8 Å². The number of amidine groups is 1. The van der Waals surface area contributed by atoms with Gasteiger partial charge in [-0.25, -0.2) is 9.79 Å². The van der Waals surface area contributed by atoms with Gasteiger partial charge in [-0.2, -0.15) is 0 Å². The summed E-state index contributed by atoms with van der Waals surface area (Å²) in [5.41, 5.74) is 4.26. The van der Waals surface area contributed by atoms with Gasteiger partial charge in [0.1, 0.15) is 0 Å². The maximum Gasteiger partial charge on any atom is 0.335 e. The minimum absolute atomic E-state index is 0.0410. The van der Waals surface area contributed by atoms with E-state index in [1.165, 1.54) is 29.5 Å². The molecule has 5 nitrogen and oxygen atoms in total. The highest BCUT2D eigenvalue weighted by Gasteiger charge is 2.38. The van der Waals surface area contributed by atoms with E-state index in [1.54, 1.807) is 17.0 Å². The van der Waals surface area contributed by atoms with Gasteiger partial charge < -0.3 is 5.11 Å². The molecule has 3 aromatic rings. The summed E-state index contributed by atoms with van der Waals surface area (Å²) < 4.78 is 0. The van der Waals surface area contributed by atoms with Gasteiger partial charge in [0.15, 0.2) is 5.17 Å². The molecule has 4 rings (SSSR count). The van der Waals surface area contributed by atoms with Crippen molar-refractivity contribution in [2.75, 3.05) is 0 Å². The smallest absolute Gasteiger partial charge is 0.335 e. The Labute approximate surface area is 191 Å². The van der Waals surface area contributed by atoms with Crippen molar-refractivity contribution in [3.8, 4) is 0 Å². The van der Waals surface area contributed by atoms with E-state index in [0.717, 1.165) is 17.5 Å². The fraction of sp³-hybridized carbons (Fsp3) is 0.192. The molecule has 0 aliphatic carbocycles. The third-order valence-electron chi connectivity index (χ3n) is 5.39. The molecule has 1 fully saturated rings. The van der Waals surface area contributed by atoms with Gasteiger partial charge in [-0.1, -0.05) is 73.3 Å². The number of carbonyl (C=O) groups is 2. The third kappa shape index (κ3) is 5.08. The number of carbonyl (C=O) groups excluding carboxylic acids is 1. The third-order valence-corrected chi connectivity index (χ3v) is 6.57. The number of hydrogen-bond donors (Lipinski definition) is 1. The monoisotopic (exact) mass is 444 g/mol. The second-order valence-electron chi connectivity index (χ2n) is 7.64. The molecule has 1 amide bonds. The van der Waals surface area contributed by atoms with Crippen molar-refractivity contribution >= 4 is 34.5 Å². The lowest BCUT2D eigenvalue weighted by atomic mass is 10.1. The second-order valence-corrected chi connectivity index (χ2v) is 8.81. The lowest BCUT2D eigenvalue weighted by molar-refractivity contribution is -0.126. The number of hydrogen-bond acceptors (Lipinski definition) is 4. The van der Waals surface area contributed by atoms with Crippen LogP contribution in [-0.2, 0) is 24.2 Å². The highest BCUT2D eigenvalue weighted by molar-refractivity contribution is 8.15. The van der Waals surface area contributed by atoms with Crippen LogP contribution in [0.4, 0.5) is 5.69 Å². The Morgan fingerprint density at radius 3 is 2.22 bits per heavy atom. The number of nitrogens with zero attached hydrogens (tertiary/aromatic N) is 2. The second kappa shape index (κ2) is 9.83. The van der Waals surface area contributed by atoms with Crippen LogP contribution in [0.2, 0.25) is 0 Å². The number of aromatic carboxylic acids is 1. The largest absolute Gasteiger partial charge is 0.478 e. The molecule has 1 N–H and O–H groups in total. The van der Waals surface area contributed by atoms with E-state index in [1.807, 2.05) is 30.3 Å². The number of aliphatic imine (C=N–C) groups is 1. The molecule has 3 aromatic carbocycles. The molecule has 0 saturated carbocycles. The number of carboxylic acids is 1. The van der Waals surface area contributed by atoms with Crippen molar-refractivity contribution in [3.05, 3.63) is 101 Å². The first-order valence-electron chi connectivity index (χ1n) is 10.6. The Morgan fingerprint density at radius 2 is 1.59 bits per heavy atom. The maximum atomic E-state index is 13.3. The average Bonchev–Trinajstić information content (AvgIpc) is 3.09. The summed E-state index contributed by atoms with van der Waals surface area (Å²) in [6, 6.07) is 24.6. The first-order valence-corrected chi connectivity index (χ1v) is 11.4. The number of rotatable bonds is 7. The molecule has 162 valence electrons. The van der Waals surface area contributed by atoms with Crippen LogP contribution in [0.1, 0.15) is 34.0 Å². The SMILES string of the molecule is CCc1ccc(CC2SC(=Nc3ccc(C(=O)O)cc3)N(Cc3ccccc3)C2=O)cc1. The maximum absolute atomic E-state index is 13.3. The van der Waals surface area contributed by atoms with Crippen molar-refractivity contribution in [2.24, 2.45) is 4.99 Å². The van der Waals surface area contributed by atoms with Crippen LogP contribution >= 0.6 is 11.8 Å². The molecule has 1 atom stereocenters. The highest BCUT2D eigenvalue weighted by atomic mass is 32.2. The van der Waals surface area contributed by atoms with E-state index in [2.05, 4.69) is 31.2 Å². The lowest BCUT2D eigenvalue weighted by Gasteiger charge is -2.16. The molecule has 0 aromatic heterocycles. The molecule has 1 saturated heterocycles. The summed E-state index contributed by atoms with van der Waals surface area (Å²) >= 11 is 1.47. The van der Waals surface area contributed by atoms with Crippen molar-refractivity contribution in [3.63, 3.8) is 0 Å². The molecule has 6 heteroatoms. The summed E-state index contributed by atoms with van der Waals surface area (Å²) in [6.07, 6.45) is 1.62. The number of thioether (sulfide) groups is 1. The Bertz CT molecular complexity index is 1130. The molecule has 1 aliphatic rings. The van der Waals surface area contributed by atoms with E-state index >= 15 is 0 Å². The first-order chi connectivity index (χ1) is 15.5.